The average Bonchev–Trinajstić information content (AvgIpc) is 2.67. The lowest BCUT2D eigenvalue weighted by Gasteiger charge is -2.33. The molecule has 0 saturated carbocycles. The van der Waals surface area contributed by atoms with E-state index in [1.54, 1.807) is 13.3 Å². The highest BCUT2D eigenvalue weighted by atomic mass is 16.5. The summed E-state index contributed by atoms with van der Waals surface area (Å²) in [7, 11) is 1.71. The fourth-order valence-electron chi connectivity index (χ4n) is 3.06. The molecule has 0 bridgehead atoms. The molecule has 1 aliphatic heterocycles. The maximum atomic E-state index is 8.84. The molecule has 0 aliphatic carbocycles. The lowest BCUT2D eigenvalue weighted by molar-refractivity contribution is 0.391. The number of aromatic nitrogens is 1. The van der Waals surface area contributed by atoms with E-state index in [1.807, 2.05) is 30.3 Å². The van der Waals surface area contributed by atoms with Gasteiger partial charge in [0.15, 0.2) is 0 Å². The molecule has 5 nitrogen and oxygen atoms in total. The standard InChI is InChI=1S/C19H22N4O/c1-24-18-5-3-2-4-16(18)14-21-17-8-10-23(11-9-17)19-7-6-15(12-20)13-22-19/h2-7,13,17,21H,8-11,14H2,1H3. The Hall–Kier alpha value is -2.58. The molecule has 3 rings (SSSR count). The molecule has 0 amide bonds. The van der Waals surface area contributed by atoms with Gasteiger partial charge in [0, 0.05) is 37.4 Å². The van der Waals surface area contributed by atoms with E-state index >= 15 is 0 Å². The summed E-state index contributed by atoms with van der Waals surface area (Å²) in [5, 5.41) is 12.5. The highest BCUT2D eigenvalue weighted by molar-refractivity contribution is 5.42. The van der Waals surface area contributed by atoms with Crippen molar-refractivity contribution in [1.29, 1.82) is 5.26 Å². The number of hydrogen-bond acceptors (Lipinski definition) is 5. The van der Waals surface area contributed by atoms with Gasteiger partial charge < -0.3 is 15.0 Å². The van der Waals surface area contributed by atoms with E-state index in [0.717, 1.165) is 44.0 Å². The van der Waals surface area contributed by atoms with Gasteiger partial charge in [-0.25, -0.2) is 4.98 Å². The van der Waals surface area contributed by atoms with Crippen LogP contribution in [0.5, 0.6) is 5.75 Å². The second-order valence-corrected chi connectivity index (χ2v) is 5.97. The molecule has 0 atom stereocenters. The topological polar surface area (TPSA) is 61.2 Å². The van der Waals surface area contributed by atoms with Crippen molar-refractivity contribution in [2.45, 2.75) is 25.4 Å². The summed E-state index contributed by atoms with van der Waals surface area (Å²) < 4.78 is 5.40. The molecule has 1 aromatic carbocycles. The van der Waals surface area contributed by atoms with Gasteiger partial charge in [-0.05, 0) is 31.0 Å². The predicted molar refractivity (Wildman–Crippen MR) is 94.0 cm³/mol. The Balaban J connectivity index is 1.51. The Morgan fingerprint density at radius 3 is 2.71 bits per heavy atom. The number of nitrogens with zero attached hydrogens (tertiary/aromatic N) is 3. The molecule has 124 valence electrons. The van der Waals surface area contributed by atoms with Crippen molar-refractivity contribution >= 4 is 5.82 Å². The maximum absolute atomic E-state index is 8.84. The van der Waals surface area contributed by atoms with E-state index in [2.05, 4.69) is 27.3 Å². The number of nitrogens with one attached hydrogen (secondary N) is 1. The van der Waals surface area contributed by atoms with Crippen molar-refractivity contribution in [2.75, 3.05) is 25.1 Å². The predicted octanol–water partition coefficient (Wildman–Crippen LogP) is 2.72. The third-order valence-electron chi connectivity index (χ3n) is 4.47. The van der Waals surface area contributed by atoms with Crippen molar-refractivity contribution in [1.82, 2.24) is 10.3 Å². The third-order valence-corrected chi connectivity index (χ3v) is 4.47. The summed E-state index contributed by atoms with van der Waals surface area (Å²) in [5.74, 6) is 1.89. The zero-order chi connectivity index (χ0) is 16.8. The molecular formula is C19H22N4O. The minimum Gasteiger partial charge on any atom is -0.496 e. The quantitative estimate of drug-likeness (QED) is 0.917. The molecule has 0 unspecified atom stereocenters. The van der Waals surface area contributed by atoms with E-state index in [1.165, 1.54) is 5.56 Å². The molecular weight excluding hydrogens is 300 g/mol. The van der Waals surface area contributed by atoms with E-state index in [0.29, 0.717) is 11.6 Å². The van der Waals surface area contributed by atoms with Crippen LogP contribution in [0.25, 0.3) is 0 Å². The van der Waals surface area contributed by atoms with Crippen molar-refractivity contribution in [3.8, 4) is 11.8 Å². The van der Waals surface area contributed by atoms with E-state index in [-0.39, 0.29) is 0 Å². The first-order valence-electron chi connectivity index (χ1n) is 8.26. The van der Waals surface area contributed by atoms with E-state index in [9.17, 15) is 0 Å². The van der Waals surface area contributed by atoms with Gasteiger partial charge in [-0.3, -0.25) is 0 Å². The fourth-order valence-corrected chi connectivity index (χ4v) is 3.06. The molecule has 0 radical (unpaired) electrons. The van der Waals surface area contributed by atoms with Crippen molar-refractivity contribution in [3.63, 3.8) is 0 Å². The number of ether oxygens (including phenoxy) is 1. The molecule has 1 fully saturated rings. The molecule has 24 heavy (non-hydrogen) atoms. The highest BCUT2D eigenvalue weighted by Crippen LogP contribution is 2.20. The van der Waals surface area contributed by atoms with Crippen molar-refractivity contribution in [2.24, 2.45) is 0 Å². The zero-order valence-electron chi connectivity index (χ0n) is 13.9. The number of nitriles is 1. The van der Waals surface area contributed by atoms with Gasteiger partial charge in [0.05, 0.1) is 12.7 Å². The number of methoxy groups -OCH3 is 1. The highest BCUT2D eigenvalue weighted by Gasteiger charge is 2.20. The number of benzene rings is 1. The second kappa shape index (κ2) is 7.80. The first kappa shape index (κ1) is 16.3. The number of hydrogen-bond donors (Lipinski definition) is 1. The van der Waals surface area contributed by atoms with Crippen molar-refractivity contribution < 1.29 is 4.74 Å². The Morgan fingerprint density at radius 2 is 2.04 bits per heavy atom. The lowest BCUT2D eigenvalue weighted by Crippen LogP contribution is -2.42. The minimum absolute atomic E-state index is 0.504. The van der Waals surface area contributed by atoms with Gasteiger partial charge in [0.2, 0.25) is 0 Å². The normalized spacial score (nSPS) is 15.1. The van der Waals surface area contributed by atoms with Crippen molar-refractivity contribution in [3.05, 3.63) is 53.7 Å². The lowest BCUT2D eigenvalue weighted by atomic mass is 10.0. The summed E-state index contributed by atoms with van der Waals surface area (Å²) in [5.41, 5.74) is 1.79. The molecule has 2 heterocycles. The van der Waals surface area contributed by atoms with Crippen LogP contribution in [0.4, 0.5) is 5.82 Å². The van der Waals surface area contributed by atoms with E-state index in [4.69, 9.17) is 10.00 Å². The monoisotopic (exact) mass is 322 g/mol. The Bertz CT molecular complexity index is 700. The Kier molecular flexibility index (Phi) is 5.29. The molecule has 1 saturated heterocycles. The smallest absolute Gasteiger partial charge is 0.128 e. The SMILES string of the molecule is COc1ccccc1CNC1CCN(c2ccc(C#N)cn2)CC1. The summed E-state index contributed by atoms with van der Waals surface area (Å²) in [4.78, 5) is 6.66. The summed E-state index contributed by atoms with van der Waals surface area (Å²) in [6, 6.07) is 14.5. The summed E-state index contributed by atoms with van der Waals surface area (Å²) >= 11 is 0. The number of anilines is 1. The number of pyridine rings is 1. The Labute approximate surface area is 142 Å². The van der Waals surface area contributed by atoms with Crippen LogP contribution < -0.4 is 15.0 Å². The molecule has 1 aliphatic rings. The molecule has 1 N–H and O–H groups in total. The fraction of sp³-hybridized carbons (Fsp3) is 0.368. The molecule has 1 aromatic heterocycles. The van der Waals surface area contributed by atoms with Crippen LogP contribution in [0.2, 0.25) is 0 Å². The molecule has 0 spiro atoms. The molecule has 5 heteroatoms. The van der Waals surface area contributed by atoms with Gasteiger partial charge in [-0.1, -0.05) is 18.2 Å². The maximum Gasteiger partial charge on any atom is 0.128 e. The summed E-state index contributed by atoms with van der Waals surface area (Å²) in [6.07, 6.45) is 3.80. The number of rotatable bonds is 5. The zero-order valence-corrected chi connectivity index (χ0v) is 13.9. The van der Waals surface area contributed by atoms with Gasteiger partial charge in [-0.15, -0.1) is 0 Å². The number of para-hydroxylation sites is 1. The second-order valence-electron chi connectivity index (χ2n) is 5.97. The largest absolute Gasteiger partial charge is 0.496 e. The van der Waals surface area contributed by atoms with Gasteiger partial charge >= 0.3 is 0 Å². The third kappa shape index (κ3) is 3.84. The van der Waals surface area contributed by atoms with Crippen LogP contribution in [0.1, 0.15) is 24.0 Å². The van der Waals surface area contributed by atoms with E-state index < -0.39 is 0 Å². The van der Waals surface area contributed by atoms with Gasteiger partial charge in [0.25, 0.3) is 0 Å². The molecule has 2 aromatic rings. The van der Waals surface area contributed by atoms with Gasteiger partial charge in [-0.2, -0.15) is 5.26 Å². The van der Waals surface area contributed by atoms with Crippen LogP contribution in [-0.4, -0.2) is 31.2 Å². The van der Waals surface area contributed by atoms with Crippen LogP contribution in [0.15, 0.2) is 42.6 Å². The van der Waals surface area contributed by atoms with Crippen LogP contribution >= 0.6 is 0 Å². The van der Waals surface area contributed by atoms with Crippen LogP contribution in [0, 0.1) is 11.3 Å². The van der Waals surface area contributed by atoms with Gasteiger partial charge in [0.1, 0.15) is 17.6 Å². The summed E-state index contributed by atoms with van der Waals surface area (Å²) in [6.45, 7) is 2.77. The first-order valence-corrected chi connectivity index (χ1v) is 8.26. The van der Waals surface area contributed by atoms with Crippen LogP contribution in [0.3, 0.4) is 0 Å². The number of piperidine rings is 1. The first-order chi connectivity index (χ1) is 11.8. The Morgan fingerprint density at radius 1 is 1.25 bits per heavy atom. The van der Waals surface area contributed by atoms with Crippen LogP contribution in [-0.2, 0) is 6.54 Å². The average molecular weight is 322 g/mol. The minimum atomic E-state index is 0.504.